The van der Waals surface area contributed by atoms with Gasteiger partial charge in [-0.15, -0.1) is 0 Å². The number of unbranched alkanes of at least 4 members (excludes halogenated alkanes) is 1. The Hall–Kier alpha value is -3.11. The number of phenols is 1. The van der Waals surface area contributed by atoms with Gasteiger partial charge in [0, 0.05) is 12.3 Å². The number of phenolic OH excluding ortho intramolecular Hbond substituents is 1. The van der Waals surface area contributed by atoms with Gasteiger partial charge >= 0.3 is 0 Å². The van der Waals surface area contributed by atoms with Crippen LogP contribution in [-0.2, 0) is 16.6 Å². The van der Waals surface area contributed by atoms with Crippen molar-refractivity contribution < 1.29 is 14.4 Å². The highest BCUT2D eigenvalue weighted by molar-refractivity contribution is 5.91. The molecule has 0 aliphatic carbocycles. The fourth-order valence-corrected chi connectivity index (χ4v) is 5.76. The maximum Gasteiger partial charge on any atom is 0.233 e. The molecule has 0 aromatic heterocycles. The van der Waals surface area contributed by atoms with Gasteiger partial charge in [0.25, 0.3) is 0 Å². The predicted octanol–water partition coefficient (Wildman–Crippen LogP) is 4.65. The van der Waals surface area contributed by atoms with Gasteiger partial charge in [0.2, 0.25) is 5.91 Å². The highest BCUT2D eigenvalue weighted by atomic mass is 16.3. The van der Waals surface area contributed by atoms with Crippen molar-refractivity contribution in [3.63, 3.8) is 0 Å². The molecule has 2 unspecified atom stereocenters. The Morgan fingerprint density at radius 1 is 0.939 bits per heavy atom. The number of likely N-dealkylation sites (tertiary alicyclic amines) is 1. The Labute approximate surface area is 197 Å². The van der Waals surface area contributed by atoms with E-state index in [-0.39, 0.29) is 17.6 Å². The second kappa shape index (κ2) is 9.80. The van der Waals surface area contributed by atoms with Gasteiger partial charge in [-0.3, -0.25) is 4.79 Å². The molecule has 4 rings (SSSR count). The van der Waals surface area contributed by atoms with E-state index >= 15 is 0 Å². The molecule has 0 bridgehead atoms. The Morgan fingerprint density at radius 2 is 1.55 bits per heavy atom. The highest BCUT2D eigenvalue weighted by Gasteiger charge is 2.53. The van der Waals surface area contributed by atoms with E-state index in [1.54, 1.807) is 12.1 Å². The summed E-state index contributed by atoms with van der Waals surface area (Å²) in [5, 5.41) is 9.86. The third-order valence-electron chi connectivity index (χ3n) is 7.49. The SMILES string of the molecule is C[N@+]1(CCCCc2ccccc2)CCC(C(C(N)=O)(c2ccccc2)c2ccc(O)cc2)C1. The van der Waals surface area contributed by atoms with Crippen molar-refractivity contribution in [2.45, 2.75) is 31.1 Å². The number of primary amides is 1. The zero-order chi connectivity index (χ0) is 23.3. The van der Waals surface area contributed by atoms with Crippen LogP contribution >= 0.6 is 0 Å². The average molecular weight is 444 g/mol. The molecule has 33 heavy (non-hydrogen) atoms. The summed E-state index contributed by atoms with van der Waals surface area (Å²) >= 11 is 0. The van der Waals surface area contributed by atoms with Gasteiger partial charge in [-0.2, -0.15) is 0 Å². The van der Waals surface area contributed by atoms with Gasteiger partial charge in [0.05, 0.1) is 26.7 Å². The second-order valence-electron chi connectivity index (χ2n) is 9.76. The smallest absolute Gasteiger partial charge is 0.233 e. The van der Waals surface area contributed by atoms with E-state index in [0.717, 1.165) is 54.5 Å². The molecule has 3 aromatic rings. The van der Waals surface area contributed by atoms with Crippen molar-refractivity contribution in [1.82, 2.24) is 0 Å². The number of hydrogen-bond acceptors (Lipinski definition) is 2. The summed E-state index contributed by atoms with van der Waals surface area (Å²) in [6.45, 7) is 3.04. The Kier molecular flexibility index (Phi) is 6.85. The lowest BCUT2D eigenvalue weighted by molar-refractivity contribution is -0.899. The number of quaternary nitrogens is 1. The maximum atomic E-state index is 13.3. The van der Waals surface area contributed by atoms with Gasteiger partial charge in [0.1, 0.15) is 11.2 Å². The molecule has 1 amide bonds. The number of aromatic hydroxyl groups is 1. The molecule has 3 N–H and O–H groups in total. The number of amides is 1. The highest BCUT2D eigenvalue weighted by Crippen LogP contribution is 2.45. The van der Waals surface area contributed by atoms with E-state index in [9.17, 15) is 9.90 Å². The van der Waals surface area contributed by atoms with Gasteiger partial charge in [-0.25, -0.2) is 0 Å². The molecule has 1 heterocycles. The maximum absolute atomic E-state index is 13.3. The molecule has 1 aliphatic heterocycles. The van der Waals surface area contributed by atoms with Crippen molar-refractivity contribution >= 4 is 5.91 Å². The summed E-state index contributed by atoms with van der Waals surface area (Å²) in [7, 11) is 2.32. The first kappa shape index (κ1) is 23.1. The van der Waals surface area contributed by atoms with Crippen LogP contribution in [0.25, 0.3) is 0 Å². The molecule has 0 radical (unpaired) electrons. The van der Waals surface area contributed by atoms with E-state index in [4.69, 9.17) is 5.73 Å². The zero-order valence-corrected chi connectivity index (χ0v) is 19.5. The topological polar surface area (TPSA) is 63.3 Å². The van der Waals surface area contributed by atoms with Crippen LogP contribution in [0, 0.1) is 5.92 Å². The molecule has 4 heteroatoms. The standard InChI is InChI=1S/C29H34N2O2/c1-31(20-9-8-12-23-10-4-2-5-11-23)21-19-26(22-31)29(28(30)33,24-13-6-3-7-14-24)25-15-17-27(32)18-16-25/h2-7,10-11,13-18,26H,8-9,12,19-22H2,1H3,(H2-,30,32,33)/p+1/t26?,29?,31-/m0/s1. The molecule has 0 spiro atoms. The molecule has 1 fully saturated rings. The summed E-state index contributed by atoms with van der Waals surface area (Å²) in [5.74, 6) is -0.0291. The van der Waals surface area contributed by atoms with Crippen LogP contribution in [0.15, 0.2) is 84.9 Å². The Bertz CT molecular complexity index is 1050. The molecule has 3 atom stereocenters. The number of nitrogens with zero attached hydrogens (tertiary/aromatic N) is 1. The largest absolute Gasteiger partial charge is 0.508 e. The minimum atomic E-state index is -0.908. The van der Waals surface area contributed by atoms with Gasteiger partial charge in [-0.05, 0) is 48.1 Å². The van der Waals surface area contributed by atoms with E-state index in [1.165, 1.54) is 12.0 Å². The van der Waals surface area contributed by atoms with E-state index in [0.29, 0.717) is 0 Å². The molecule has 3 aromatic carbocycles. The summed E-state index contributed by atoms with van der Waals surface area (Å²) in [6.07, 6.45) is 4.37. The van der Waals surface area contributed by atoms with Crippen LogP contribution in [0.2, 0.25) is 0 Å². The molecule has 172 valence electrons. The number of rotatable bonds is 9. The van der Waals surface area contributed by atoms with E-state index in [2.05, 4.69) is 37.4 Å². The zero-order valence-electron chi connectivity index (χ0n) is 19.5. The normalized spacial score (nSPS) is 22.0. The van der Waals surface area contributed by atoms with Crippen molar-refractivity contribution in [2.24, 2.45) is 11.7 Å². The van der Waals surface area contributed by atoms with Crippen LogP contribution in [0.4, 0.5) is 0 Å². The van der Waals surface area contributed by atoms with Crippen molar-refractivity contribution in [1.29, 1.82) is 0 Å². The van der Waals surface area contributed by atoms with E-state index < -0.39 is 5.41 Å². The number of nitrogens with two attached hydrogens (primary N) is 1. The fourth-order valence-electron chi connectivity index (χ4n) is 5.76. The first-order chi connectivity index (χ1) is 15.9. The third-order valence-corrected chi connectivity index (χ3v) is 7.49. The van der Waals surface area contributed by atoms with E-state index in [1.807, 2.05) is 42.5 Å². The first-order valence-electron chi connectivity index (χ1n) is 12.0. The van der Waals surface area contributed by atoms with Crippen LogP contribution in [-0.4, -0.2) is 42.2 Å². The monoisotopic (exact) mass is 443 g/mol. The molecular weight excluding hydrogens is 408 g/mol. The van der Waals surface area contributed by atoms with Crippen molar-refractivity contribution in [3.05, 3.63) is 102 Å². The molecular formula is C29H35N2O2+. The lowest BCUT2D eigenvalue weighted by Gasteiger charge is -2.38. The lowest BCUT2D eigenvalue weighted by Crippen LogP contribution is -2.51. The van der Waals surface area contributed by atoms with Crippen molar-refractivity contribution in [3.8, 4) is 5.75 Å². The fraction of sp³-hybridized carbons (Fsp3) is 0.345. The second-order valence-corrected chi connectivity index (χ2v) is 9.76. The molecule has 1 aliphatic rings. The predicted molar refractivity (Wildman–Crippen MR) is 133 cm³/mol. The number of hydrogen-bond donors (Lipinski definition) is 2. The van der Waals surface area contributed by atoms with Crippen LogP contribution in [0.5, 0.6) is 5.75 Å². The number of carbonyl (C=O) groups is 1. The van der Waals surface area contributed by atoms with Crippen LogP contribution < -0.4 is 5.73 Å². The van der Waals surface area contributed by atoms with Gasteiger partial charge in [-0.1, -0.05) is 72.8 Å². The number of carbonyl (C=O) groups excluding carboxylic acids is 1. The van der Waals surface area contributed by atoms with Gasteiger partial charge < -0.3 is 15.3 Å². The lowest BCUT2D eigenvalue weighted by atomic mass is 9.64. The van der Waals surface area contributed by atoms with Gasteiger partial charge in [0.15, 0.2) is 0 Å². The summed E-state index contributed by atoms with van der Waals surface area (Å²) < 4.78 is 0.958. The molecule has 4 nitrogen and oxygen atoms in total. The first-order valence-corrected chi connectivity index (χ1v) is 12.0. The summed E-state index contributed by atoms with van der Waals surface area (Å²) in [4.78, 5) is 13.3. The minimum Gasteiger partial charge on any atom is -0.508 e. The quantitative estimate of drug-likeness (QED) is 0.373. The molecule has 1 saturated heterocycles. The minimum absolute atomic E-state index is 0.0982. The number of benzene rings is 3. The number of aryl methyl sites for hydroxylation is 1. The summed E-state index contributed by atoms with van der Waals surface area (Å²) in [5.41, 5.74) is 8.50. The van der Waals surface area contributed by atoms with Crippen LogP contribution in [0.1, 0.15) is 36.0 Å². The van der Waals surface area contributed by atoms with Crippen LogP contribution in [0.3, 0.4) is 0 Å². The van der Waals surface area contributed by atoms with Crippen molar-refractivity contribution in [2.75, 3.05) is 26.7 Å². The average Bonchev–Trinajstić information content (AvgIpc) is 3.22. The Balaban J connectivity index is 1.55. The third kappa shape index (κ3) is 4.81. The molecule has 0 saturated carbocycles. The Morgan fingerprint density at radius 3 is 2.18 bits per heavy atom. The summed E-state index contributed by atoms with van der Waals surface area (Å²) in [6, 6.07) is 27.6.